The van der Waals surface area contributed by atoms with Gasteiger partial charge in [-0.2, -0.15) is 0 Å². The average molecular weight is 276 g/mol. The predicted octanol–water partition coefficient (Wildman–Crippen LogP) is 4.68. The molecule has 0 unspecified atom stereocenters. The molecule has 0 saturated heterocycles. The fourth-order valence-corrected chi connectivity index (χ4v) is 2.12. The molecule has 0 saturated carbocycles. The van der Waals surface area contributed by atoms with Crippen molar-refractivity contribution in [3.05, 3.63) is 29.3 Å². The Labute approximate surface area is 123 Å². The Hall–Kier alpha value is -1.31. The summed E-state index contributed by atoms with van der Waals surface area (Å²) in [5.41, 5.74) is 2.69. The van der Waals surface area contributed by atoms with E-state index in [9.17, 15) is 4.79 Å². The summed E-state index contributed by atoms with van der Waals surface area (Å²) in [5.74, 6) is 1.23. The standard InChI is InChI=1S/C18H28O2/c1-6-12-20-17-11-10-16(18(3,4)5)13-15(17)9-7-8-14(2)19/h10-11,13H,6-9,12H2,1-5H3. The topological polar surface area (TPSA) is 26.3 Å². The lowest BCUT2D eigenvalue weighted by atomic mass is 9.85. The molecule has 1 aromatic rings. The van der Waals surface area contributed by atoms with E-state index >= 15 is 0 Å². The van der Waals surface area contributed by atoms with Crippen LogP contribution in [0.25, 0.3) is 0 Å². The maximum Gasteiger partial charge on any atom is 0.129 e. The first-order valence-electron chi connectivity index (χ1n) is 7.60. The maximum atomic E-state index is 11.1. The number of rotatable bonds is 7. The predicted molar refractivity (Wildman–Crippen MR) is 84.5 cm³/mol. The lowest BCUT2D eigenvalue weighted by Crippen LogP contribution is -2.12. The molecule has 2 heteroatoms. The number of aryl methyl sites for hydroxylation is 1. The van der Waals surface area contributed by atoms with E-state index in [2.05, 4.69) is 45.9 Å². The van der Waals surface area contributed by atoms with Crippen LogP contribution in [0.2, 0.25) is 0 Å². The van der Waals surface area contributed by atoms with Crippen molar-refractivity contribution >= 4 is 5.78 Å². The quantitative estimate of drug-likeness (QED) is 0.722. The van der Waals surface area contributed by atoms with Gasteiger partial charge >= 0.3 is 0 Å². The third kappa shape index (κ3) is 5.36. The Kier molecular flexibility index (Phi) is 6.25. The number of benzene rings is 1. The minimum absolute atomic E-state index is 0.138. The summed E-state index contributed by atoms with van der Waals surface area (Å²) in [6, 6.07) is 6.48. The summed E-state index contributed by atoms with van der Waals surface area (Å²) in [4.78, 5) is 11.1. The van der Waals surface area contributed by atoms with Crippen LogP contribution in [0.4, 0.5) is 0 Å². The number of ketones is 1. The summed E-state index contributed by atoms with van der Waals surface area (Å²) < 4.78 is 5.83. The van der Waals surface area contributed by atoms with Crippen molar-refractivity contribution in [2.45, 2.75) is 65.7 Å². The van der Waals surface area contributed by atoms with Crippen LogP contribution in [-0.4, -0.2) is 12.4 Å². The van der Waals surface area contributed by atoms with Crippen LogP contribution in [0, 0.1) is 0 Å². The molecule has 0 fully saturated rings. The number of hydrogen-bond donors (Lipinski definition) is 0. The summed E-state index contributed by atoms with van der Waals surface area (Å²) in [6.45, 7) is 11.2. The largest absolute Gasteiger partial charge is 0.493 e. The highest BCUT2D eigenvalue weighted by atomic mass is 16.5. The molecule has 112 valence electrons. The van der Waals surface area contributed by atoms with Crippen molar-refractivity contribution in [2.24, 2.45) is 0 Å². The second kappa shape index (κ2) is 7.47. The molecule has 0 amide bonds. The number of ether oxygens (including phenoxy) is 1. The van der Waals surface area contributed by atoms with E-state index in [-0.39, 0.29) is 11.2 Å². The Morgan fingerprint density at radius 2 is 1.95 bits per heavy atom. The van der Waals surface area contributed by atoms with Crippen LogP contribution in [0.1, 0.15) is 65.0 Å². The highest BCUT2D eigenvalue weighted by Gasteiger charge is 2.16. The van der Waals surface area contributed by atoms with Gasteiger partial charge in [-0.1, -0.05) is 39.8 Å². The van der Waals surface area contributed by atoms with Crippen molar-refractivity contribution in [1.29, 1.82) is 0 Å². The zero-order valence-corrected chi connectivity index (χ0v) is 13.6. The van der Waals surface area contributed by atoms with Gasteiger partial charge in [0.05, 0.1) is 6.61 Å². The first kappa shape index (κ1) is 16.7. The Balaban J connectivity index is 2.90. The van der Waals surface area contributed by atoms with Gasteiger partial charge in [-0.15, -0.1) is 0 Å². The van der Waals surface area contributed by atoms with E-state index in [0.717, 1.165) is 31.6 Å². The summed E-state index contributed by atoms with van der Waals surface area (Å²) >= 11 is 0. The average Bonchev–Trinajstić information content (AvgIpc) is 2.35. The van der Waals surface area contributed by atoms with Crippen molar-refractivity contribution in [3.63, 3.8) is 0 Å². The van der Waals surface area contributed by atoms with Gasteiger partial charge in [-0.3, -0.25) is 0 Å². The molecule has 0 atom stereocenters. The highest BCUT2D eigenvalue weighted by Crippen LogP contribution is 2.29. The zero-order valence-electron chi connectivity index (χ0n) is 13.6. The molecular weight excluding hydrogens is 248 g/mol. The molecule has 2 nitrogen and oxygen atoms in total. The molecule has 0 bridgehead atoms. The SMILES string of the molecule is CCCOc1ccc(C(C)(C)C)cc1CCCC(C)=O. The van der Waals surface area contributed by atoms with Gasteiger partial charge in [0.25, 0.3) is 0 Å². The Bertz CT molecular complexity index is 441. The van der Waals surface area contributed by atoms with Crippen molar-refractivity contribution < 1.29 is 9.53 Å². The minimum Gasteiger partial charge on any atom is -0.493 e. The van der Waals surface area contributed by atoms with Crippen LogP contribution in [0.15, 0.2) is 18.2 Å². The molecule has 1 rings (SSSR count). The molecule has 0 heterocycles. The molecule has 0 aromatic heterocycles. The van der Waals surface area contributed by atoms with Crippen LogP contribution >= 0.6 is 0 Å². The van der Waals surface area contributed by atoms with Crippen molar-refractivity contribution in [3.8, 4) is 5.75 Å². The van der Waals surface area contributed by atoms with Gasteiger partial charge in [0.15, 0.2) is 0 Å². The minimum atomic E-state index is 0.138. The van der Waals surface area contributed by atoms with Crippen LogP contribution in [0.3, 0.4) is 0 Å². The Morgan fingerprint density at radius 1 is 1.25 bits per heavy atom. The number of hydrogen-bond acceptors (Lipinski definition) is 2. The van der Waals surface area contributed by atoms with E-state index in [0.29, 0.717) is 6.42 Å². The zero-order chi connectivity index (χ0) is 15.2. The van der Waals surface area contributed by atoms with E-state index in [1.54, 1.807) is 6.92 Å². The van der Waals surface area contributed by atoms with E-state index in [1.807, 2.05) is 0 Å². The van der Waals surface area contributed by atoms with Crippen LogP contribution in [0.5, 0.6) is 5.75 Å². The van der Waals surface area contributed by atoms with Crippen LogP contribution < -0.4 is 4.74 Å². The van der Waals surface area contributed by atoms with E-state index < -0.39 is 0 Å². The van der Waals surface area contributed by atoms with Crippen molar-refractivity contribution in [1.82, 2.24) is 0 Å². The molecule has 0 N–H and O–H groups in total. The number of carbonyl (C=O) groups excluding carboxylic acids is 1. The molecule has 0 spiro atoms. The molecule has 0 radical (unpaired) electrons. The van der Waals surface area contributed by atoms with E-state index in [1.165, 1.54) is 11.1 Å². The van der Waals surface area contributed by atoms with Crippen LogP contribution in [-0.2, 0) is 16.6 Å². The summed E-state index contributed by atoms with van der Waals surface area (Å²) in [7, 11) is 0. The third-order valence-electron chi connectivity index (χ3n) is 3.36. The monoisotopic (exact) mass is 276 g/mol. The molecule has 0 aliphatic rings. The first-order chi connectivity index (χ1) is 9.34. The Morgan fingerprint density at radius 3 is 2.50 bits per heavy atom. The lowest BCUT2D eigenvalue weighted by molar-refractivity contribution is -0.117. The van der Waals surface area contributed by atoms with Gasteiger partial charge in [-0.25, -0.2) is 0 Å². The summed E-state index contributed by atoms with van der Waals surface area (Å²) in [6.07, 6.45) is 3.45. The number of Topliss-reactive ketones (excluding diaryl/α,β-unsaturated/α-hetero) is 1. The smallest absolute Gasteiger partial charge is 0.129 e. The molecule has 1 aromatic carbocycles. The fraction of sp³-hybridized carbons (Fsp3) is 0.611. The highest BCUT2D eigenvalue weighted by molar-refractivity contribution is 5.75. The van der Waals surface area contributed by atoms with E-state index in [4.69, 9.17) is 4.74 Å². The normalized spacial score (nSPS) is 11.4. The second-order valence-corrected chi connectivity index (χ2v) is 6.48. The fourth-order valence-electron chi connectivity index (χ4n) is 2.12. The second-order valence-electron chi connectivity index (χ2n) is 6.48. The molecule has 0 aliphatic carbocycles. The summed E-state index contributed by atoms with van der Waals surface area (Å²) in [5, 5.41) is 0. The van der Waals surface area contributed by atoms with Gasteiger partial charge in [0.1, 0.15) is 11.5 Å². The van der Waals surface area contributed by atoms with Gasteiger partial charge in [0.2, 0.25) is 0 Å². The maximum absolute atomic E-state index is 11.1. The van der Waals surface area contributed by atoms with Gasteiger partial charge < -0.3 is 9.53 Å². The lowest BCUT2D eigenvalue weighted by Gasteiger charge is -2.21. The first-order valence-corrected chi connectivity index (χ1v) is 7.60. The number of carbonyl (C=O) groups is 1. The van der Waals surface area contributed by atoms with Crippen molar-refractivity contribution in [2.75, 3.05) is 6.61 Å². The molecule has 0 aliphatic heterocycles. The molecule has 20 heavy (non-hydrogen) atoms. The molecular formula is C18H28O2. The van der Waals surface area contributed by atoms with Gasteiger partial charge in [0, 0.05) is 6.42 Å². The third-order valence-corrected chi connectivity index (χ3v) is 3.36. The van der Waals surface area contributed by atoms with Gasteiger partial charge in [-0.05, 0) is 48.8 Å².